The minimum Gasteiger partial charge on any atom is -0.334 e. The predicted octanol–water partition coefficient (Wildman–Crippen LogP) is 2.15. The number of carbonyl (C=O) groups is 2. The summed E-state index contributed by atoms with van der Waals surface area (Å²) in [6, 6.07) is 2.11. The van der Waals surface area contributed by atoms with Crippen molar-refractivity contribution in [1.82, 2.24) is 10.6 Å². The summed E-state index contributed by atoms with van der Waals surface area (Å²) in [6.45, 7) is 3.25. The third-order valence-corrected chi connectivity index (χ3v) is 6.06. The number of hydrogen-bond donors (Lipinski definition) is 3. The third-order valence-electron chi connectivity index (χ3n) is 4.29. The topological polar surface area (TPSA) is 104 Å². The van der Waals surface area contributed by atoms with Gasteiger partial charge in [0, 0.05) is 6.04 Å². The van der Waals surface area contributed by atoms with Crippen LogP contribution in [0.3, 0.4) is 0 Å². The fourth-order valence-electron chi connectivity index (χ4n) is 2.86. The Morgan fingerprint density at radius 2 is 1.82 bits per heavy atom. The van der Waals surface area contributed by atoms with Gasteiger partial charge in [-0.3, -0.25) is 4.79 Å². The summed E-state index contributed by atoms with van der Waals surface area (Å²) < 4.78 is 62.1. The highest BCUT2D eigenvalue weighted by atomic mass is 32.2. The van der Waals surface area contributed by atoms with Gasteiger partial charge in [-0.15, -0.1) is 0 Å². The Bertz CT molecular complexity index is 840. The van der Waals surface area contributed by atoms with Gasteiger partial charge in [-0.05, 0) is 24.5 Å². The van der Waals surface area contributed by atoms with Gasteiger partial charge in [-0.25, -0.2) is 13.2 Å². The average molecular weight is 421 g/mol. The maximum absolute atomic E-state index is 13.1. The molecule has 1 aromatic rings. The van der Waals surface area contributed by atoms with Crippen molar-refractivity contribution in [3.8, 4) is 0 Å². The van der Waals surface area contributed by atoms with Gasteiger partial charge >= 0.3 is 12.2 Å². The standard InChI is InChI=1S/C17H22F3N3O4S/c1-10(2)14(23-16(25)21-11-7-8-28(26,27)9-11)15(24)22-13-6-4-3-5-12(13)17(18,19)20/h3-6,10-11,14H,7-9H2,1-2H3,(H,22,24)(H2,21,23,25)/t11?,14-/m1/s1. The molecule has 0 spiro atoms. The summed E-state index contributed by atoms with van der Waals surface area (Å²) in [7, 11) is -3.19. The number of sulfone groups is 1. The second-order valence-corrected chi connectivity index (χ2v) is 9.20. The highest BCUT2D eigenvalue weighted by molar-refractivity contribution is 7.91. The van der Waals surface area contributed by atoms with Crippen molar-refractivity contribution in [2.24, 2.45) is 5.92 Å². The average Bonchev–Trinajstić information content (AvgIpc) is 2.90. The number of rotatable bonds is 5. The summed E-state index contributed by atoms with van der Waals surface area (Å²) in [6.07, 6.45) is -4.37. The van der Waals surface area contributed by atoms with E-state index in [1.807, 2.05) is 0 Å². The summed E-state index contributed by atoms with van der Waals surface area (Å²) in [5, 5.41) is 7.11. The number of para-hydroxylation sites is 1. The summed E-state index contributed by atoms with van der Waals surface area (Å²) >= 11 is 0. The van der Waals surface area contributed by atoms with Gasteiger partial charge in [0.05, 0.1) is 22.8 Å². The Hall–Kier alpha value is -2.30. The molecule has 0 bridgehead atoms. The molecule has 0 saturated carbocycles. The number of amides is 3. The molecule has 1 heterocycles. The molecule has 1 saturated heterocycles. The number of alkyl halides is 3. The van der Waals surface area contributed by atoms with Crippen LogP contribution in [0, 0.1) is 5.92 Å². The Labute approximate surface area is 161 Å². The molecule has 11 heteroatoms. The molecule has 3 amide bonds. The first-order chi connectivity index (χ1) is 12.9. The van der Waals surface area contributed by atoms with E-state index in [-0.39, 0.29) is 17.9 Å². The first kappa shape index (κ1) is 22.0. The van der Waals surface area contributed by atoms with Gasteiger partial charge in [-0.2, -0.15) is 13.2 Å². The molecule has 0 aliphatic carbocycles. The van der Waals surface area contributed by atoms with E-state index in [4.69, 9.17) is 0 Å². The van der Waals surface area contributed by atoms with Gasteiger partial charge < -0.3 is 16.0 Å². The first-order valence-electron chi connectivity index (χ1n) is 8.63. The molecule has 28 heavy (non-hydrogen) atoms. The first-order valence-corrected chi connectivity index (χ1v) is 10.5. The number of benzene rings is 1. The fourth-order valence-corrected chi connectivity index (χ4v) is 4.54. The molecule has 0 radical (unpaired) electrons. The van der Waals surface area contributed by atoms with E-state index in [9.17, 15) is 31.2 Å². The van der Waals surface area contributed by atoms with E-state index in [0.29, 0.717) is 0 Å². The lowest BCUT2D eigenvalue weighted by Crippen LogP contribution is -2.52. The minimum absolute atomic E-state index is 0.0275. The van der Waals surface area contributed by atoms with Crippen LogP contribution in [0.5, 0.6) is 0 Å². The molecular weight excluding hydrogens is 399 g/mol. The van der Waals surface area contributed by atoms with Crippen molar-refractivity contribution in [2.45, 2.75) is 38.5 Å². The van der Waals surface area contributed by atoms with Crippen LogP contribution in [0.25, 0.3) is 0 Å². The van der Waals surface area contributed by atoms with Crippen LogP contribution in [-0.2, 0) is 20.8 Å². The SMILES string of the molecule is CC(C)[C@@H](NC(=O)NC1CCS(=O)(=O)C1)C(=O)Nc1ccccc1C(F)(F)F. The normalized spacial score (nSPS) is 19.9. The maximum atomic E-state index is 13.1. The predicted molar refractivity (Wildman–Crippen MR) is 97.4 cm³/mol. The van der Waals surface area contributed by atoms with E-state index < -0.39 is 57.2 Å². The summed E-state index contributed by atoms with van der Waals surface area (Å²) in [5.74, 6) is -1.44. The lowest BCUT2D eigenvalue weighted by Gasteiger charge is -2.24. The Balaban J connectivity index is 2.06. The molecule has 1 aliphatic rings. The zero-order valence-corrected chi connectivity index (χ0v) is 16.2. The highest BCUT2D eigenvalue weighted by Crippen LogP contribution is 2.34. The van der Waals surface area contributed by atoms with Gasteiger partial charge in [0.15, 0.2) is 9.84 Å². The van der Waals surface area contributed by atoms with E-state index in [0.717, 1.165) is 12.1 Å². The molecule has 0 aromatic heterocycles. The van der Waals surface area contributed by atoms with Gasteiger partial charge in [0.2, 0.25) is 5.91 Å². The molecule has 1 aliphatic heterocycles. The van der Waals surface area contributed by atoms with Crippen LogP contribution in [0.1, 0.15) is 25.8 Å². The van der Waals surface area contributed by atoms with Crippen LogP contribution in [0.4, 0.5) is 23.7 Å². The van der Waals surface area contributed by atoms with E-state index in [2.05, 4.69) is 16.0 Å². The maximum Gasteiger partial charge on any atom is 0.418 e. The van der Waals surface area contributed by atoms with E-state index in [1.54, 1.807) is 13.8 Å². The number of carbonyl (C=O) groups excluding carboxylic acids is 2. The lowest BCUT2D eigenvalue weighted by molar-refractivity contribution is -0.137. The molecule has 7 nitrogen and oxygen atoms in total. The molecule has 2 rings (SSSR count). The number of urea groups is 1. The van der Waals surface area contributed by atoms with Crippen molar-refractivity contribution in [2.75, 3.05) is 16.8 Å². The number of hydrogen-bond acceptors (Lipinski definition) is 4. The van der Waals surface area contributed by atoms with Gasteiger partial charge in [-0.1, -0.05) is 26.0 Å². The summed E-state index contributed by atoms with van der Waals surface area (Å²) in [5.41, 5.74) is -1.40. The highest BCUT2D eigenvalue weighted by Gasteiger charge is 2.35. The van der Waals surface area contributed by atoms with Crippen LogP contribution >= 0.6 is 0 Å². The zero-order chi connectivity index (χ0) is 21.1. The van der Waals surface area contributed by atoms with Crippen molar-refractivity contribution in [3.05, 3.63) is 29.8 Å². The molecular formula is C17H22F3N3O4S. The molecule has 2 atom stereocenters. The Morgan fingerprint density at radius 3 is 2.36 bits per heavy atom. The second kappa shape index (κ2) is 8.38. The Kier molecular flexibility index (Phi) is 6.58. The Morgan fingerprint density at radius 1 is 1.18 bits per heavy atom. The van der Waals surface area contributed by atoms with Crippen LogP contribution < -0.4 is 16.0 Å². The zero-order valence-electron chi connectivity index (χ0n) is 15.3. The van der Waals surface area contributed by atoms with Crippen molar-refractivity contribution in [3.63, 3.8) is 0 Å². The lowest BCUT2D eigenvalue weighted by atomic mass is 10.0. The molecule has 1 aromatic carbocycles. The largest absolute Gasteiger partial charge is 0.418 e. The number of nitrogens with one attached hydrogen (secondary N) is 3. The number of halogens is 3. The molecule has 1 fully saturated rings. The van der Waals surface area contributed by atoms with Crippen molar-refractivity contribution >= 4 is 27.5 Å². The van der Waals surface area contributed by atoms with E-state index in [1.165, 1.54) is 12.1 Å². The molecule has 156 valence electrons. The third kappa shape index (κ3) is 5.85. The summed E-state index contributed by atoms with van der Waals surface area (Å²) in [4.78, 5) is 24.6. The molecule has 3 N–H and O–H groups in total. The minimum atomic E-state index is -4.64. The van der Waals surface area contributed by atoms with Crippen LogP contribution in [-0.4, -0.2) is 43.9 Å². The van der Waals surface area contributed by atoms with Gasteiger partial charge in [0.25, 0.3) is 0 Å². The van der Waals surface area contributed by atoms with Crippen molar-refractivity contribution < 1.29 is 31.2 Å². The van der Waals surface area contributed by atoms with Crippen LogP contribution in [0.15, 0.2) is 24.3 Å². The van der Waals surface area contributed by atoms with Crippen LogP contribution in [0.2, 0.25) is 0 Å². The number of anilines is 1. The smallest absolute Gasteiger partial charge is 0.334 e. The molecule has 1 unspecified atom stereocenters. The fraction of sp³-hybridized carbons (Fsp3) is 0.529. The van der Waals surface area contributed by atoms with Gasteiger partial charge in [0.1, 0.15) is 6.04 Å². The monoisotopic (exact) mass is 421 g/mol. The van der Waals surface area contributed by atoms with E-state index >= 15 is 0 Å². The van der Waals surface area contributed by atoms with Crippen molar-refractivity contribution in [1.29, 1.82) is 0 Å². The quantitative estimate of drug-likeness (QED) is 0.678. The second-order valence-electron chi connectivity index (χ2n) is 6.97.